The average molecular weight is 459 g/mol. The Labute approximate surface area is 209 Å². The number of fused-ring (bicyclic) bond motifs is 4. The van der Waals surface area contributed by atoms with Gasteiger partial charge < -0.3 is 0 Å². The molecule has 7 rings (SSSR count). The lowest BCUT2D eigenvalue weighted by atomic mass is 9.92. The van der Waals surface area contributed by atoms with E-state index in [1.54, 1.807) is 0 Å². The first-order valence-corrected chi connectivity index (χ1v) is 12.2. The van der Waals surface area contributed by atoms with E-state index in [9.17, 15) is 0 Å². The minimum Gasteiger partial charge on any atom is -0.236 e. The highest BCUT2D eigenvalue weighted by molar-refractivity contribution is 6.08. The summed E-state index contributed by atoms with van der Waals surface area (Å²) in [7, 11) is 0. The van der Waals surface area contributed by atoms with Crippen LogP contribution in [0, 0.1) is 0 Å². The lowest BCUT2D eigenvalue weighted by molar-refractivity contribution is 1.30. The van der Waals surface area contributed by atoms with Gasteiger partial charge in [-0.2, -0.15) is 0 Å². The van der Waals surface area contributed by atoms with Crippen LogP contribution >= 0.6 is 0 Å². The molecule has 36 heavy (non-hydrogen) atoms. The second kappa shape index (κ2) is 8.44. The van der Waals surface area contributed by atoms with Crippen molar-refractivity contribution in [1.29, 1.82) is 0 Å². The van der Waals surface area contributed by atoms with Crippen molar-refractivity contribution in [2.24, 2.45) is 0 Å². The van der Waals surface area contributed by atoms with Crippen LogP contribution in [0.5, 0.6) is 0 Å². The number of rotatable bonds is 3. The van der Waals surface area contributed by atoms with Gasteiger partial charge >= 0.3 is 0 Å². The summed E-state index contributed by atoms with van der Waals surface area (Å²) in [5.74, 6) is 0. The first kappa shape index (κ1) is 20.5. The van der Waals surface area contributed by atoms with E-state index in [2.05, 4.69) is 127 Å². The van der Waals surface area contributed by atoms with Crippen LogP contribution < -0.4 is 0 Å². The van der Waals surface area contributed by atoms with E-state index < -0.39 is 0 Å². The zero-order chi connectivity index (χ0) is 23.9. The Hall–Kier alpha value is -4.82. The molecular weight excluding hydrogens is 436 g/mol. The fourth-order valence-corrected chi connectivity index (χ4v) is 5.14. The van der Waals surface area contributed by atoms with E-state index in [4.69, 9.17) is 9.97 Å². The van der Waals surface area contributed by atoms with Crippen molar-refractivity contribution in [3.63, 3.8) is 0 Å². The molecule has 7 aromatic rings. The van der Waals surface area contributed by atoms with Gasteiger partial charge in [-0.1, -0.05) is 115 Å². The van der Waals surface area contributed by atoms with Gasteiger partial charge in [0.2, 0.25) is 0 Å². The molecule has 0 fully saturated rings. The smallest absolute Gasteiger partial charge is 0.160 e. The van der Waals surface area contributed by atoms with Crippen molar-refractivity contribution in [1.82, 2.24) is 9.97 Å². The molecule has 0 amide bonds. The maximum Gasteiger partial charge on any atom is 0.160 e. The summed E-state index contributed by atoms with van der Waals surface area (Å²) in [6.45, 7) is 0. The summed E-state index contributed by atoms with van der Waals surface area (Å²) in [4.78, 5) is 9.98. The number of hydrogen-bond donors (Lipinski definition) is 0. The lowest BCUT2D eigenvalue weighted by Crippen LogP contribution is -1.95. The highest BCUT2D eigenvalue weighted by atomic mass is 14.8. The highest BCUT2D eigenvalue weighted by Crippen LogP contribution is 2.39. The minimum absolute atomic E-state index is 0.764. The number of aromatic nitrogens is 2. The molecule has 168 valence electrons. The fraction of sp³-hybridized carbons (Fsp3) is 0. The highest BCUT2D eigenvalue weighted by Gasteiger charge is 2.16. The molecule has 5 aromatic carbocycles. The quantitative estimate of drug-likeness (QED) is 0.247. The Bertz CT molecular complexity index is 1880. The van der Waals surface area contributed by atoms with Crippen LogP contribution in [-0.4, -0.2) is 9.97 Å². The molecule has 0 unspecified atom stereocenters. The van der Waals surface area contributed by atoms with E-state index in [-0.39, 0.29) is 0 Å². The van der Waals surface area contributed by atoms with E-state index in [1.807, 2.05) is 6.20 Å². The third-order valence-electron chi connectivity index (χ3n) is 6.90. The summed E-state index contributed by atoms with van der Waals surface area (Å²) in [5.41, 5.74) is 7.47. The van der Waals surface area contributed by atoms with Crippen LogP contribution in [0.3, 0.4) is 0 Å². The zero-order valence-electron chi connectivity index (χ0n) is 19.6. The number of hydrogen-bond acceptors (Lipinski definition) is 2. The van der Waals surface area contributed by atoms with Gasteiger partial charge in [-0.25, -0.2) is 9.97 Å². The Kier molecular flexibility index (Phi) is 4.82. The number of benzene rings is 5. The monoisotopic (exact) mass is 458 g/mol. The third-order valence-corrected chi connectivity index (χ3v) is 6.90. The zero-order valence-corrected chi connectivity index (χ0v) is 19.6. The normalized spacial score (nSPS) is 11.3. The van der Waals surface area contributed by atoms with Crippen molar-refractivity contribution >= 4 is 32.6 Å². The van der Waals surface area contributed by atoms with Gasteiger partial charge in [-0.3, -0.25) is 0 Å². The molecule has 0 bridgehead atoms. The van der Waals surface area contributed by atoms with Gasteiger partial charge in [0.1, 0.15) is 0 Å². The molecular formula is C34H22N2. The molecule has 2 heterocycles. The average Bonchev–Trinajstić information content (AvgIpc) is 2.96. The Morgan fingerprint density at radius 1 is 0.417 bits per heavy atom. The van der Waals surface area contributed by atoms with Gasteiger partial charge in [0.15, 0.2) is 5.65 Å². The number of pyridine rings is 2. The predicted molar refractivity (Wildman–Crippen MR) is 151 cm³/mol. The topological polar surface area (TPSA) is 25.8 Å². The molecule has 0 spiro atoms. The molecule has 0 aliphatic rings. The Morgan fingerprint density at radius 2 is 1.08 bits per heavy atom. The molecule has 0 aliphatic carbocycles. The summed E-state index contributed by atoms with van der Waals surface area (Å²) in [5, 5.41) is 5.74. The summed E-state index contributed by atoms with van der Waals surface area (Å²) >= 11 is 0. The molecule has 2 heteroatoms. The summed E-state index contributed by atoms with van der Waals surface area (Å²) in [6, 6.07) is 44.9. The molecule has 0 radical (unpaired) electrons. The number of nitrogens with zero attached hydrogens (tertiary/aromatic N) is 2. The van der Waals surface area contributed by atoms with Crippen molar-refractivity contribution < 1.29 is 0 Å². The molecule has 0 aliphatic heterocycles. The molecule has 2 nitrogen and oxygen atoms in total. The van der Waals surface area contributed by atoms with Gasteiger partial charge in [0.05, 0.1) is 5.69 Å². The predicted octanol–water partition coefficient (Wildman–Crippen LogP) is 8.94. The third kappa shape index (κ3) is 3.43. The van der Waals surface area contributed by atoms with Crippen molar-refractivity contribution in [2.75, 3.05) is 0 Å². The van der Waals surface area contributed by atoms with Gasteiger partial charge in [0.25, 0.3) is 0 Å². The van der Waals surface area contributed by atoms with Crippen LogP contribution in [0.1, 0.15) is 0 Å². The Balaban J connectivity index is 1.56. The van der Waals surface area contributed by atoms with Crippen molar-refractivity contribution in [3.05, 3.63) is 134 Å². The van der Waals surface area contributed by atoms with Gasteiger partial charge in [-0.05, 0) is 45.0 Å². The van der Waals surface area contributed by atoms with E-state index in [0.717, 1.165) is 38.8 Å². The molecule has 0 saturated heterocycles. The second-order valence-electron chi connectivity index (χ2n) is 9.07. The second-order valence-corrected chi connectivity index (χ2v) is 9.07. The minimum atomic E-state index is 0.764. The molecule has 2 aromatic heterocycles. The summed E-state index contributed by atoms with van der Waals surface area (Å²) in [6.07, 6.45) is 1.92. The van der Waals surface area contributed by atoms with E-state index in [1.165, 1.54) is 27.3 Å². The molecule has 0 saturated carbocycles. The SMILES string of the molecule is c1ccc(-c2cccc(-c3cc4c(ncc5ccccc54)nc3-c3cccc4ccccc34)c2)cc1. The molecule has 0 atom stereocenters. The van der Waals surface area contributed by atoms with Crippen LogP contribution in [0.4, 0.5) is 0 Å². The standard InChI is InChI=1S/C34H22N2/c1-2-10-23(11-3-1)25-15-8-16-26(20-25)31-21-32-29-18-7-5-13-27(29)22-35-34(32)36-33(31)30-19-9-14-24-12-4-6-17-28(24)30/h1-22H. The van der Waals surface area contributed by atoms with Crippen LogP contribution in [0.15, 0.2) is 134 Å². The Morgan fingerprint density at radius 3 is 1.97 bits per heavy atom. The first-order valence-electron chi connectivity index (χ1n) is 12.2. The van der Waals surface area contributed by atoms with Crippen molar-refractivity contribution in [3.8, 4) is 33.5 Å². The molecule has 0 N–H and O–H groups in total. The van der Waals surface area contributed by atoms with E-state index >= 15 is 0 Å². The largest absolute Gasteiger partial charge is 0.236 e. The van der Waals surface area contributed by atoms with Crippen LogP contribution in [0.2, 0.25) is 0 Å². The first-order chi connectivity index (χ1) is 17.8. The van der Waals surface area contributed by atoms with Crippen LogP contribution in [-0.2, 0) is 0 Å². The lowest BCUT2D eigenvalue weighted by Gasteiger charge is -2.15. The van der Waals surface area contributed by atoms with Crippen molar-refractivity contribution in [2.45, 2.75) is 0 Å². The summed E-state index contributed by atoms with van der Waals surface area (Å²) < 4.78 is 0. The maximum atomic E-state index is 5.21. The van der Waals surface area contributed by atoms with E-state index in [0.29, 0.717) is 0 Å². The fourth-order valence-electron chi connectivity index (χ4n) is 5.14. The van der Waals surface area contributed by atoms with Gasteiger partial charge in [0, 0.05) is 28.1 Å². The van der Waals surface area contributed by atoms with Crippen LogP contribution in [0.25, 0.3) is 66.1 Å². The van der Waals surface area contributed by atoms with Gasteiger partial charge in [-0.15, -0.1) is 0 Å². The maximum absolute atomic E-state index is 5.21.